The van der Waals surface area contributed by atoms with E-state index in [1.54, 1.807) is 13.0 Å². The quantitative estimate of drug-likeness (QED) is 0.846. The number of aromatic hydroxyl groups is 1. The average molecular weight is 351 g/mol. The molecular weight excluding hydrogens is 334 g/mol. The van der Waals surface area contributed by atoms with Crippen LogP contribution in [-0.2, 0) is 21.1 Å². The molecule has 1 atom stereocenters. The smallest absolute Gasteiger partial charge is 0.326 e. The third-order valence-electron chi connectivity index (χ3n) is 3.71. The van der Waals surface area contributed by atoms with Crippen LogP contribution in [0.5, 0.6) is 5.88 Å². The molecule has 1 aromatic heterocycles. The Kier molecular flexibility index (Phi) is 4.79. The summed E-state index contributed by atoms with van der Waals surface area (Å²) in [6, 6.07) is 7.08. The lowest BCUT2D eigenvalue weighted by Gasteiger charge is -2.18. The van der Waals surface area contributed by atoms with Gasteiger partial charge in [-0.3, -0.25) is 9.36 Å². The number of sulfone groups is 1. The van der Waals surface area contributed by atoms with Gasteiger partial charge in [-0.15, -0.1) is 0 Å². The van der Waals surface area contributed by atoms with Crippen molar-refractivity contribution >= 4 is 15.8 Å². The molecule has 0 aliphatic carbocycles. The number of carboxylic acid groups (broad SMARTS) is 1. The predicted octanol–water partition coefficient (Wildman–Crippen LogP) is 1.59. The summed E-state index contributed by atoms with van der Waals surface area (Å²) in [5.41, 5.74) is -0.638. The Bertz CT molecular complexity index is 931. The minimum absolute atomic E-state index is 0.0526. The summed E-state index contributed by atoms with van der Waals surface area (Å²) in [4.78, 5) is 22.8. The van der Waals surface area contributed by atoms with Gasteiger partial charge in [0.15, 0.2) is 0 Å². The van der Waals surface area contributed by atoms with E-state index in [4.69, 9.17) is 5.11 Å². The molecule has 0 spiro atoms. The monoisotopic (exact) mass is 351 g/mol. The average Bonchev–Trinajstić information content (AvgIpc) is 2.54. The molecule has 0 fully saturated rings. The number of carboxylic acids is 1. The standard InChI is InChI=1S/C16H17NO6S/c1-3-11-9-13(18)17(10(2)16(20)21)15(19)14(11)24(22,23)12-7-5-4-6-8-12/h4-10,19H,3H2,1-2H3,(H,20,21). The highest BCUT2D eigenvalue weighted by Gasteiger charge is 2.30. The molecule has 2 N–H and O–H groups in total. The van der Waals surface area contributed by atoms with Crippen molar-refractivity contribution in [2.24, 2.45) is 0 Å². The highest BCUT2D eigenvalue weighted by Crippen LogP contribution is 2.32. The van der Waals surface area contributed by atoms with Crippen molar-refractivity contribution in [3.63, 3.8) is 0 Å². The minimum Gasteiger partial charge on any atom is -0.493 e. The summed E-state index contributed by atoms with van der Waals surface area (Å²) >= 11 is 0. The van der Waals surface area contributed by atoms with Crippen LogP contribution < -0.4 is 5.56 Å². The molecule has 2 rings (SSSR count). The van der Waals surface area contributed by atoms with Gasteiger partial charge < -0.3 is 10.2 Å². The first-order valence-electron chi connectivity index (χ1n) is 7.22. The van der Waals surface area contributed by atoms with E-state index in [1.165, 1.54) is 31.2 Å². The van der Waals surface area contributed by atoms with E-state index in [0.29, 0.717) is 4.57 Å². The second-order valence-corrected chi connectivity index (χ2v) is 7.10. The first-order chi connectivity index (χ1) is 11.2. The maximum absolute atomic E-state index is 12.9. The molecule has 0 amide bonds. The summed E-state index contributed by atoms with van der Waals surface area (Å²) in [5.74, 6) is -2.22. The zero-order valence-corrected chi connectivity index (χ0v) is 13.9. The Morgan fingerprint density at radius 3 is 2.33 bits per heavy atom. The zero-order chi connectivity index (χ0) is 18.1. The van der Waals surface area contributed by atoms with Gasteiger partial charge in [0.2, 0.25) is 15.7 Å². The molecule has 0 aliphatic heterocycles. The van der Waals surface area contributed by atoms with Crippen molar-refractivity contribution in [2.75, 3.05) is 0 Å². The van der Waals surface area contributed by atoms with E-state index in [9.17, 15) is 23.1 Å². The number of aryl methyl sites for hydroxylation is 1. The summed E-state index contributed by atoms with van der Waals surface area (Å²) in [6.45, 7) is 2.83. The van der Waals surface area contributed by atoms with Crippen molar-refractivity contribution < 1.29 is 23.4 Å². The minimum atomic E-state index is -4.11. The Balaban J connectivity index is 2.86. The SMILES string of the molecule is CCc1cc(=O)n(C(C)C(=O)O)c(O)c1S(=O)(=O)c1ccccc1. The summed E-state index contributed by atoms with van der Waals surface area (Å²) in [7, 11) is -4.11. The van der Waals surface area contributed by atoms with E-state index >= 15 is 0 Å². The topological polar surface area (TPSA) is 114 Å². The Morgan fingerprint density at radius 2 is 1.83 bits per heavy atom. The van der Waals surface area contributed by atoms with Crippen LogP contribution in [0.2, 0.25) is 0 Å². The van der Waals surface area contributed by atoms with Gasteiger partial charge in [0.1, 0.15) is 10.9 Å². The summed E-state index contributed by atoms with van der Waals surface area (Å²) in [6.07, 6.45) is 0.187. The molecule has 1 unspecified atom stereocenters. The van der Waals surface area contributed by atoms with Crippen LogP contribution in [0, 0.1) is 0 Å². The van der Waals surface area contributed by atoms with Gasteiger partial charge >= 0.3 is 5.97 Å². The highest BCUT2D eigenvalue weighted by molar-refractivity contribution is 7.91. The molecule has 0 saturated carbocycles. The number of aliphatic carboxylic acids is 1. The lowest BCUT2D eigenvalue weighted by molar-refractivity contribution is -0.140. The van der Waals surface area contributed by atoms with Crippen LogP contribution in [0.1, 0.15) is 25.5 Å². The summed E-state index contributed by atoms with van der Waals surface area (Å²) in [5, 5.41) is 19.5. The van der Waals surface area contributed by atoms with Crippen molar-refractivity contribution in [1.82, 2.24) is 4.57 Å². The molecule has 0 saturated heterocycles. The predicted molar refractivity (Wildman–Crippen MR) is 86.0 cm³/mol. The van der Waals surface area contributed by atoms with Gasteiger partial charge in [0.25, 0.3) is 5.56 Å². The Morgan fingerprint density at radius 1 is 1.25 bits per heavy atom. The lowest BCUT2D eigenvalue weighted by Crippen LogP contribution is -2.29. The fourth-order valence-electron chi connectivity index (χ4n) is 2.40. The number of carbonyl (C=O) groups is 1. The van der Waals surface area contributed by atoms with Crippen LogP contribution in [-0.4, -0.2) is 29.2 Å². The molecule has 8 heteroatoms. The third-order valence-corrected chi connectivity index (χ3v) is 5.58. The molecule has 0 aliphatic rings. The molecule has 0 bridgehead atoms. The number of aromatic nitrogens is 1. The molecule has 24 heavy (non-hydrogen) atoms. The number of hydrogen-bond acceptors (Lipinski definition) is 5. The second kappa shape index (κ2) is 6.48. The lowest BCUT2D eigenvalue weighted by atomic mass is 10.2. The van der Waals surface area contributed by atoms with Gasteiger partial charge in [-0.1, -0.05) is 25.1 Å². The van der Waals surface area contributed by atoms with Crippen molar-refractivity contribution in [2.45, 2.75) is 36.1 Å². The molecule has 1 aromatic carbocycles. The Hall–Kier alpha value is -2.61. The van der Waals surface area contributed by atoms with Gasteiger partial charge in [-0.05, 0) is 31.0 Å². The molecule has 2 aromatic rings. The van der Waals surface area contributed by atoms with E-state index < -0.39 is 38.2 Å². The second-order valence-electron chi connectivity index (χ2n) is 5.21. The van der Waals surface area contributed by atoms with Gasteiger partial charge in [0.05, 0.1) is 4.90 Å². The Labute approximate surface area is 138 Å². The van der Waals surface area contributed by atoms with Crippen LogP contribution in [0.3, 0.4) is 0 Å². The highest BCUT2D eigenvalue weighted by atomic mass is 32.2. The normalized spacial score (nSPS) is 12.8. The number of nitrogens with zero attached hydrogens (tertiary/aromatic N) is 1. The molecule has 128 valence electrons. The van der Waals surface area contributed by atoms with Crippen molar-refractivity contribution in [3.8, 4) is 5.88 Å². The first kappa shape index (κ1) is 17.7. The summed E-state index contributed by atoms with van der Waals surface area (Å²) < 4.78 is 26.3. The number of pyridine rings is 1. The fourth-order valence-corrected chi connectivity index (χ4v) is 4.04. The van der Waals surface area contributed by atoms with Crippen LogP contribution in [0.25, 0.3) is 0 Å². The van der Waals surface area contributed by atoms with Crippen LogP contribution in [0.4, 0.5) is 0 Å². The molecule has 7 nitrogen and oxygen atoms in total. The zero-order valence-electron chi connectivity index (χ0n) is 13.1. The molecule has 0 radical (unpaired) electrons. The van der Waals surface area contributed by atoms with E-state index in [-0.39, 0.29) is 16.9 Å². The van der Waals surface area contributed by atoms with Crippen LogP contribution >= 0.6 is 0 Å². The van der Waals surface area contributed by atoms with Crippen molar-refractivity contribution in [1.29, 1.82) is 0 Å². The number of rotatable bonds is 5. The van der Waals surface area contributed by atoms with Gasteiger partial charge in [0, 0.05) is 6.07 Å². The third kappa shape index (κ3) is 2.92. The van der Waals surface area contributed by atoms with E-state index in [0.717, 1.165) is 6.07 Å². The van der Waals surface area contributed by atoms with Crippen LogP contribution in [0.15, 0.2) is 51.0 Å². The van der Waals surface area contributed by atoms with E-state index in [1.807, 2.05) is 0 Å². The number of benzene rings is 1. The maximum Gasteiger partial charge on any atom is 0.326 e. The number of hydrogen-bond donors (Lipinski definition) is 2. The molecular formula is C16H17NO6S. The van der Waals surface area contributed by atoms with E-state index in [2.05, 4.69) is 0 Å². The maximum atomic E-state index is 12.9. The van der Waals surface area contributed by atoms with Gasteiger partial charge in [-0.2, -0.15) is 0 Å². The first-order valence-corrected chi connectivity index (χ1v) is 8.70. The van der Waals surface area contributed by atoms with Gasteiger partial charge in [-0.25, -0.2) is 13.2 Å². The van der Waals surface area contributed by atoms with Crippen molar-refractivity contribution in [3.05, 3.63) is 52.3 Å². The largest absolute Gasteiger partial charge is 0.493 e. The molecule has 1 heterocycles. The fraction of sp³-hybridized carbons (Fsp3) is 0.250.